The predicted molar refractivity (Wildman–Crippen MR) is 104 cm³/mol. The van der Waals surface area contributed by atoms with Gasteiger partial charge in [-0.05, 0) is 29.7 Å². The van der Waals surface area contributed by atoms with Crippen molar-refractivity contribution in [2.45, 2.75) is 19.8 Å². The Kier molecular flexibility index (Phi) is 4.05. The van der Waals surface area contributed by atoms with Crippen LogP contribution in [0.2, 0.25) is 0 Å². The topological polar surface area (TPSA) is 83.0 Å². The molecule has 4 rings (SSSR count). The van der Waals surface area contributed by atoms with Gasteiger partial charge in [0.2, 0.25) is 0 Å². The van der Waals surface area contributed by atoms with Gasteiger partial charge >= 0.3 is 5.97 Å². The van der Waals surface area contributed by atoms with E-state index < -0.39 is 5.97 Å². The smallest absolute Gasteiger partial charge is 0.303 e. The number of nitrogens with one attached hydrogen (secondary N) is 1. The second-order valence-corrected chi connectivity index (χ2v) is 7.25. The van der Waals surface area contributed by atoms with Crippen LogP contribution in [-0.2, 0) is 11.2 Å². The van der Waals surface area contributed by atoms with Gasteiger partial charge < -0.3 is 10.1 Å². The number of thiophene rings is 1. The van der Waals surface area contributed by atoms with Crippen molar-refractivity contribution in [3.05, 3.63) is 64.2 Å². The largest absolute Gasteiger partial charge is 0.481 e. The standard InChI is InChI=1S/C20H16N2O3S/c1-11-4-2-3-5-13(11)12-6-7-14-15(10-12)26-20-18(14)19(25)21-16(22-20)8-9-17(23)24/h2-7,10H,8-9H2,1H3,(H,23,24)(H,21,22,25). The van der Waals surface area contributed by atoms with Crippen molar-refractivity contribution in [3.8, 4) is 11.1 Å². The van der Waals surface area contributed by atoms with E-state index in [1.54, 1.807) is 0 Å². The van der Waals surface area contributed by atoms with Gasteiger partial charge in [-0.1, -0.05) is 36.4 Å². The highest BCUT2D eigenvalue weighted by molar-refractivity contribution is 7.25. The fourth-order valence-electron chi connectivity index (χ4n) is 3.13. The number of aryl methyl sites for hydroxylation is 2. The first-order chi connectivity index (χ1) is 12.5. The molecular formula is C20H16N2O3S. The van der Waals surface area contributed by atoms with Crippen molar-refractivity contribution < 1.29 is 9.90 Å². The number of aromatic amines is 1. The van der Waals surface area contributed by atoms with Crippen LogP contribution in [0.4, 0.5) is 0 Å². The number of carboxylic acids is 1. The molecule has 0 radical (unpaired) electrons. The second-order valence-electron chi connectivity index (χ2n) is 6.21. The first-order valence-corrected chi connectivity index (χ1v) is 9.08. The molecule has 0 atom stereocenters. The van der Waals surface area contributed by atoms with Crippen LogP contribution in [0.3, 0.4) is 0 Å². The number of hydrogen-bond donors (Lipinski definition) is 2. The van der Waals surface area contributed by atoms with Gasteiger partial charge in [0.05, 0.1) is 11.8 Å². The molecule has 0 unspecified atom stereocenters. The molecule has 4 aromatic rings. The first-order valence-electron chi connectivity index (χ1n) is 8.26. The summed E-state index contributed by atoms with van der Waals surface area (Å²) in [6.45, 7) is 2.07. The molecule has 0 aliphatic carbocycles. The number of nitrogens with zero attached hydrogens (tertiary/aromatic N) is 1. The molecule has 5 nitrogen and oxygen atoms in total. The number of benzene rings is 2. The second kappa shape index (κ2) is 6.38. The molecule has 2 heterocycles. The van der Waals surface area contributed by atoms with E-state index >= 15 is 0 Å². The predicted octanol–water partition coefficient (Wildman–Crippen LogP) is 4.13. The van der Waals surface area contributed by atoms with E-state index in [0.717, 1.165) is 21.2 Å². The van der Waals surface area contributed by atoms with Crippen LogP contribution < -0.4 is 5.56 Å². The summed E-state index contributed by atoms with van der Waals surface area (Å²) in [7, 11) is 0. The number of aliphatic carboxylic acids is 1. The van der Waals surface area contributed by atoms with Gasteiger partial charge in [0.25, 0.3) is 5.56 Å². The maximum Gasteiger partial charge on any atom is 0.303 e. The summed E-state index contributed by atoms with van der Waals surface area (Å²) in [5, 5.41) is 10.3. The van der Waals surface area contributed by atoms with Gasteiger partial charge in [-0.3, -0.25) is 9.59 Å². The number of hydrogen-bond acceptors (Lipinski definition) is 4. The van der Waals surface area contributed by atoms with Crippen molar-refractivity contribution >= 4 is 37.6 Å². The SMILES string of the molecule is Cc1ccccc1-c1ccc2c(c1)sc1nc(CCC(=O)O)[nH]c(=O)c12. The summed E-state index contributed by atoms with van der Waals surface area (Å²) in [4.78, 5) is 31.1. The van der Waals surface area contributed by atoms with Gasteiger partial charge in [-0.15, -0.1) is 11.3 Å². The van der Waals surface area contributed by atoms with Gasteiger partial charge in [-0.25, -0.2) is 4.98 Å². The molecule has 0 saturated heterocycles. The zero-order valence-corrected chi connectivity index (χ0v) is 14.9. The highest BCUT2D eigenvalue weighted by Gasteiger charge is 2.13. The lowest BCUT2D eigenvalue weighted by Crippen LogP contribution is -2.12. The number of H-pyrrole nitrogens is 1. The molecule has 26 heavy (non-hydrogen) atoms. The average molecular weight is 364 g/mol. The van der Waals surface area contributed by atoms with E-state index in [-0.39, 0.29) is 18.4 Å². The quantitative estimate of drug-likeness (QED) is 0.570. The molecule has 0 spiro atoms. The fraction of sp³-hybridized carbons (Fsp3) is 0.150. The molecular weight excluding hydrogens is 348 g/mol. The molecule has 0 amide bonds. The van der Waals surface area contributed by atoms with Crippen LogP contribution in [0.5, 0.6) is 0 Å². The summed E-state index contributed by atoms with van der Waals surface area (Å²) >= 11 is 1.46. The maximum atomic E-state index is 12.5. The third kappa shape index (κ3) is 2.88. The van der Waals surface area contributed by atoms with Crippen molar-refractivity contribution in [2.75, 3.05) is 0 Å². The molecule has 0 saturated carbocycles. The number of fused-ring (bicyclic) bond motifs is 3. The fourth-order valence-corrected chi connectivity index (χ4v) is 4.27. The molecule has 6 heteroatoms. The van der Waals surface area contributed by atoms with Gasteiger partial charge in [0, 0.05) is 16.5 Å². The van der Waals surface area contributed by atoms with Crippen molar-refractivity contribution in [1.82, 2.24) is 9.97 Å². The Hall–Kier alpha value is -2.99. The lowest BCUT2D eigenvalue weighted by molar-refractivity contribution is -0.137. The van der Waals surface area contributed by atoms with Crippen LogP contribution in [0.15, 0.2) is 47.3 Å². The van der Waals surface area contributed by atoms with Crippen LogP contribution in [-0.4, -0.2) is 21.0 Å². The van der Waals surface area contributed by atoms with Crippen molar-refractivity contribution in [1.29, 1.82) is 0 Å². The number of aromatic nitrogens is 2. The zero-order chi connectivity index (χ0) is 18.3. The molecule has 2 N–H and O–H groups in total. The third-order valence-corrected chi connectivity index (χ3v) is 5.47. The van der Waals surface area contributed by atoms with E-state index in [1.165, 1.54) is 16.9 Å². The molecule has 0 bridgehead atoms. The van der Waals surface area contributed by atoms with Gasteiger partial charge in [0.1, 0.15) is 10.7 Å². The van der Waals surface area contributed by atoms with E-state index in [1.807, 2.05) is 24.3 Å². The molecule has 130 valence electrons. The third-order valence-electron chi connectivity index (χ3n) is 4.42. The van der Waals surface area contributed by atoms with E-state index in [2.05, 4.69) is 35.1 Å². The van der Waals surface area contributed by atoms with Crippen LogP contribution in [0.25, 0.3) is 31.4 Å². The van der Waals surface area contributed by atoms with E-state index in [0.29, 0.717) is 16.0 Å². The number of rotatable bonds is 4. The summed E-state index contributed by atoms with van der Waals surface area (Å²) in [5.74, 6) is -0.498. The Morgan fingerprint density at radius 3 is 2.81 bits per heavy atom. The zero-order valence-electron chi connectivity index (χ0n) is 14.1. The van der Waals surface area contributed by atoms with Gasteiger partial charge in [-0.2, -0.15) is 0 Å². The highest BCUT2D eigenvalue weighted by atomic mass is 32.1. The minimum Gasteiger partial charge on any atom is -0.481 e. The molecule has 0 aliphatic heterocycles. The minimum atomic E-state index is -0.910. The Bertz CT molecular complexity index is 1210. The summed E-state index contributed by atoms with van der Waals surface area (Å²) < 4.78 is 0.995. The lowest BCUT2D eigenvalue weighted by atomic mass is 10.00. The summed E-state index contributed by atoms with van der Waals surface area (Å²) in [6.07, 6.45) is 0.153. The maximum absolute atomic E-state index is 12.5. The normalized spacial score (nSPS) is 11.3. The van der Waals surface area contributed by atoms with Crippen molar-refractivity contribution in [2.24, 2.45) is 0 Å². The summed E-state index contributed by atoms with van der Waals surface area (Å²) in [5.41, 5.74) is 3.24. The Morgan fingerprint density at radius 2 is 2.04 bits per heavy atom. The van der Waals surface area contributed by atoms with E-state index in [9.17, 15) is 9.59 Å². The van der Waals surface area contributed by atoms with Gasteiger partial charge in [0.15, 0.2) is 0 Å². The molecule has 2 aromatic carbocycles. The molecule has 0 fully saturated rings. The van der Waals surface area contributed by atoms with Crippen LogP contribution in [0, 0.1) is 6.92 Å². The molecule has 0 aliphatic rings. The Balaban J connectivity index is 1.86. The molecule has 2 aromatic heterocycles. The average Bonchev–Trinajstić information content (AvgIpc) is 2.98. The lowest BCUT2D eigenvalue weighted by Gasteiger charge is -2.05. The van der Waals surface area contributed by atoms with Crippen LogP contribution in [0.1, 0.15) is 17.8 Å². The monoisotopic (exact) mass is 364 g/mol. The first kappa shape index (κ1) is 16.5. The van der Waals surface area contributed by atoms with E-state index in [4.69, 9.17) is 5.11 Å². The number of carboxylic acid groups (broad SMARTS) is 1. The van der Waals surface area contributed by atoms with Crippen molar-refractivity contribution in [3.63, 3.8) is 0 Å². The number of carbonyl (C=O) groups is 1. The Labute approximate surface area is 153 Å². The summed E-state index contributed by atoms with van der Waals surface area (Å²) in [6, 6.07) is 14.3. The Morgan fingerprint density at radius 1 is 1.23 bits per heavy atom. The minimum absolute atomic E-state index is 0.0588. The van der Waals surface area contributed by atoms with Crippen LogP contribution >= 0.6 is 11.3 Å². The highest BCUT2D eigenvalue weighted by Crippen LogP contribution is 2.34.